The van der Waals surface area contributed by atoms with Crippen molar-refractivity contribution < 1.29 is 4.79 Å². The number of carbonyl (C=O) groups is 1. The fourth-order valence-corrected chi connectivity index (χ4v) is 1.20. The van der Waals surface area contributed by atoms with E-state index in [-0.39, 0.29) is 17.4 Å². The predicted octanol–water partition coefficient (Wildman–Crippen LogP) is 1.61. The molecule has 3 N–H and O–H groups in total. The lowest BCUT2D eigenvalue weighted by atomic mass is 9.97. The van der Waals surface area contributed by atoms with Crippen molar-refractivity contribution >= 4 is 5.91 Å². The predicted molar refractivity (Wildman–Crippen MR) is 64.4 cm³/mol. The third-order valence-corrected chi connectivity index (χ3v) is 2.25. The summed E-state index contributed by atoms with van der Waals surface area (Å²) in [4.78, 5) is 11.8. The molecule has 0 aliphatic rings. The number of allylic oxidation sites excluding steroid dienone is 2. The Morgan fingerprint density at radius 2 is 1.87 bits per heavy atom. The van der Waals surface area contributed by atoms with Crippen molar-refractivity contribution in [3.63, 3.8) is 0 Å². The summed E-state index contributed by atoms with van der Waals surface area (Å²) in [6, 6.07) is 0. The number of rotatable bonds is 7. The van der Waals surface area contributed by atoms with Crippen LogP contribution in [-0.4, -0.2) is 18.0 Å². The lowest BCUT2D eigenvalue weighted by molar-refractivity contribution is -0.126. The zero-order valence-corrected chi connectivity index (χ0v) is 9.75. The van der Waals surface area contributed by atoms with Crippen molar-refractivity contribution in [2.75, 3.05) is 6.54 Å². The molecule has 0 heterocycles. The maximum Gasteiger partial charge on any atom is 0.224 e. The molecule has 15 heavy (non-hydrogen) atoms. The summed E-state index contributed by atoms with van der Waals surface area (Å²) in [5, 5.41) is 2.92. The van der Waals surface area contributed by atoms with Crippen LogP contribution in [0.2, 0.25) is 0 Å². The molecule has 0 fully saturated rings. The van der Waals surface area contributed by atoms with Crippen LogP contribution < -0.4 is 11.1 Å². The maximum atomic E-state index is 11.8. The van der Waals surface area contributed by atoms with E-state index in [1.54, 1.807) is 12.2 Å². The van der Waals surface area contributed by atoms with Crippen LogP contribution in [0.1, 0.15) is 26.7 Å². The summed E-state index contributed by atoms with van der Waals surface area (Å²) in [5.74, 6) is -0.0592. The van der Waals surface area contributed by atoms with E-state index in [0.717, 1.165) is 0 Å². The Bertz CT molecular complexity index is 224. The molecule has 0 radical (unpaired) electrons. The van der Waals surface area contributed by atoms with Gasteiger partial charge < -0.3 is 11.1 Å². The molecule has 0 aliphatic carbocycles. The molecule has 3 nitrogen and oxygen atoms in total. The van der Waals surface area contributed by atoms with E-state index >= 15 is 0 Å². The molecule has 0 aromatic rings. The standard InChI is InChI=1S/C12H22N2O/c1-5-7-10(8-6-2)11(15)14-12(3,4)9-13/h5-6,10H,1-2,7-9,13H2,3-4H3,(H,14,15). The molecule has 3 heteroatoms. The highest BCUT2D eigenvalue weighted by molar-refractivity contribution is 5.79. The van der Waals surface area contributed by atoms with E-state index in [9.17, 15) is 4.79 Å². The number of nitrogens with two attached hydrogens (primary N) is 1. The van der Waals surface area contributed by atoms with Gasteiger partial charge >= 0.3 is 0 Å². The zero-order chi connectivity index (χ0) is 11.9. The minimum Gasteiger partial charge on any atom is -0.350 e. The number of hydrogen-bond donors (Lipinski definition) is 2. The molecule has 0 bridgehead atoms. The summed E-state index contributed by atoms with van der Waals surface area (Å²) in [5.41, 5.74) is 5.20. The van der Waals surface area contributed by atoms with Crippen LogP contribution in [-0.2, 0) is 4.79 Å². The second-order valence-corrected chi connectivity index (χ2v) is 4.32. The van der Waals surface area contributed by atoms with Crippen molar-refractivity contribution in [1.29, 1.82) is 0 Å². The highest BCUT2D eigenvalue weighted by Crippen LogP contribution is 2.12. The van der Waals surface area contributed by atoms with Crippen LogP contribution in [0.3, 0.4) is 0 Å². The Hall–Kier alpha value is -1.09. The van der Waals surface area contributed by atoms with Gasteiger partial charge in [0.05, 0.1) is 0 Å². The highest BCUT2D eigenvalue weighted by atomic mass is 16.2. The minimum absolute atomic E-state index is 0.0188. The fraction of sp³-hybridized carbons (Fsp3) is 0.583. The van der Waals surface area contributed by atoms with Crippen LogP contribution in [0.15, 0.2) is 25.3 Å². The molecular weight excluding hydrogens is 188 g/mol. The Morgan fingerprint density at radius 3 is 2.20 bits per heavy atom. The molecule has 0 unspecified atom stereocenters. The molecule has 0 atom stereocenters. The van der Waals surface area contributed by atoms with Crippen LogP contribution in [0, 0.1) is 5.92 Å². The second kappa shape index (κ2) is 6.40. The average Bonchev–Trinajstić information content (AvgIpc) is 2.17. The van der Waals surface area contributed by atoms with Gasteiger partial charge in [0, 0.05) is 18.0 Å². The van der Waals surface area contributed by atoms with Gasteiger partial charge in [-0.3, -0.25) is 4.79 Å². The molecule has 86 valence electrons. The van der Waals surface area contributed by atoms with E-state index in [0.29, 0.717) is 19.4 Å². The molecule has 0 rings (SSSR count). The smallest absolute Gasteiger partial charge is 0.224 e. The van der Waals surface area contributed by atoms with Crippen molar-refractivity contribution in [2.24, 2.45) is 11.7 Å². The van der Waals surface area contributed by atoms with Crippen LogP contribution in [0.4, 0.5) is 0 Å². The van der Waals surface area contributed by atoms with E-state index < -0.39 is 0 Å². The van der Waals surface area contributed by atoms with Gasteiger partial charge in [-0.15, -0.1) is 13.2 Å². The Balaban J connectivity index is 4.36. The number of carbonyl (C=O) groups excluding carboxylic acids is 1. The lowest BCUT2D eigenvalue weighted by Crippen LogP contribution is -2.50. The van der Waals surface area contributed by atoms with Gasteiger partial charge in [-0.05, 0) is 26.7 Å². The van der Waals surface area contributed by atoms with Gasteiger partial charge in [0.15, 0.2) is 0 Å². The van der Waals surface area contributed by atoms with Crippen LogP contribution in [0.5, 0.6) is 0 Å². The fourth-order valence-electron chi connectivity index (χ4n) is 1.20. The number of nitrogens with one attached hydrogen (secondary N) is 1. The largest absolute Gasteiger partial charge is 0.350 e. The zero-order valence-electron chi connectivity index (χ0n) is 9.75. The van der Waals surface area contributed by atoms with Gasteiger partial charge in [-0.1, -0.05) is 12.2 Å². The summed E-state index contributed by atoms with van der Waals surface area (Å²) in [7, 11) is 0. The van der Waals surface area contributed by atoms with Crippen molar-refractivity contribution in [3.8, 4) is 0 Å². The topological polar surface area (TPSA) is 55.1 Å². The molecule has 0 aromatic heterocycles. The van der Waals surface area contributed by atoms with Gasteiger partial charge in [-0.25, -0.2) is 0 Å². The second-order valence-electron chi connectivity index (χ2n) is 4.32. The first-order valence-corrected chi connectivity index (χ1v) is 5.20. The molecule has 0 saturated carbocycles. The SMILES string of the molecule is C=CCC(CC=C)C(=O)NC(C)(C)CN. The highest BCUT2D eigenvalue weighted by Gasteiger charge is 2.23. The normalized spacial score (nSPS) is 11.2. The molecule has 0 aromatic carbocycles. The van der Waals surface area contributed by atoms with Gasteiger partial charge in [0.2, 0.25) is 5.91 Å². The molecule has 0 spiro atoms. The minimum atomic E-state index is -0.350. The first-order chi connectivity index (χ1) is 6.96. The van der Waals surface area contributed by atoms with Crippen molar-refractivity contribution in [1.82, 2.24) is 5.32 Å². The Kier molecular flexibility index (Phi) is 5.94. The van der Waals surface area contributed by atoms with Crippen molar-refractivity contribution in [3.05, 3.63) is 25.3 Å². The summed E-state index contributed by atoms with van der Waals surface area (Å²) in [6.45, 7) is 11.5. The third-order valence-electron chi connectivity index (χ3n) is 2.25. The quantitative estimate of drug-likeness (QED) is 0.627. The lowest BCUT2D eigenvalue weighted by Gasteiger charge is -2.26. The van der Waals surface area contributed by atoms with Gasteiger partial charge in [0.1, 0.15) is 0 Å². The van der Waals surface area contributed by atoms with E-state index in [1.807, 2.05) is 13.8 Å². The van der Waals surface area contributed by atoms with Gasteiger partial charge in [0.25, 0.3) is 0 Å². The monoisotopic (exact) mass is 210 g/mol. The summed E-state index contributed by atoms with van der Waals surface area (Å²) < 4.78 is 0. The van der Waals surface area contributed by atoms with Crippen LogP contribution >= 0.6 is 0 Å². The van der Waals surface area contributed by atoms with E-state index in [4.69, 9.17) is 5.73 Å². The average molecular weight is 210 g/mol. The first-order valence-electron chi connectivity index (χ1n) is 5.20. The molecule has 1 amide bonds. The third kappa shape index (κ3) is 5.37. The Morgan fingerprint density at radius 1 is 1.40 bits per heavy atom. The first kappa shape index (κ1) is 13.9. The summed E-state index contributed by atoms with van der Waals surface area (Å²) >= 11 is 0. The van der Waals surface area contributed by atoms with E-state index in [2.05, 4.69) is 18.5 Å². The molecule has 0 aliphatic heterocycles. The Labute approximate surface area is 92.4 Å². The van der Waals surface area contributed by atoms with Crippen LogP contribution in [0.25, 0.3) is 0 Å². The number of amides is 1. The van der Waals surface area contributed by atoms with E-state index in [1.165, 1.54) is 0 Å². The van der Waals surface area contributed by atoms with Gasteiger partial charge in [-0.2, -0.15) is 0 Å². The number of hydrogen-bond acceptors (Lipinski definition) is 2. The molecular formula is C12H22N2O. The summed E-state index contributed by atoms with van der Waals surface area (Å²) in [6.07, 6.45) is 4.84. The van der Waals surface area contributed by atoms with Crippen molar-refractivity contribution in [2.45, 2.75) is 32.2 Å². The maximum absolute atomic E-state index is 11.8. The molecule has 0 saturated heterocycles.